The van der Waals surface area contributed by atoms with Gasteiger partial charge in [-0.25, -0.2) is 4.79 Å². The fourth-order valence-corrected chi connectivity index (χ4v) is 3.34. The topological polar surface area (TPSA) is 105 Å². The quantitative estimate of drug-likeness (QED) is 0.566. The molecule has 1 aromatic heterocycles. The van der Waals surface area contributed by atoms with Crippen LogP contribution in [0.5, 0.6) is 17.2 Å². The van der Waals surface area contributed by atoms with Crippen LogP contribution in [-0.4, -0.2) is 35.9 Å². The molecule has 0 aliphatic carbocycles. The molecular formula is C23H22N2O7. The van der Waals surface area contributed by atoms with Crippen molar-refractivity contribution in [3.63, 3.8) is 0 Å². The predicted octanol–water partition coefficient (Wildman–Crippen LogP) is 2.70. The number of carbonyl (C=O) groups is 2. The summed E-state index contributed by atoms with van der Waals surface area (Å²) in [4.78, 5) is 37.3. The summed E-state index contributed by atoms with van der Waals surface area (Å²) in [6.07, 6.45) is 0.696. The molecule has 1 amide bonds. The number of ether oxygens (including phenoxy) is 4. The van der Waals surface area contributed by atoms with Crippen molar-refractivity contribution in [1.29, 1.82) is 0 Å². The highest BCUT2D eigenvalue weighted by Gasteiger charge is 2.18. The van der Waals surface area contributed by atoms with Gasteiger partial charge in [0.05, 0.1) is 12.0 Å². The second-order valence-electron chi connectivity index (χ2n) is 7.09. The van der Waals surface area contributed by atoms with Crippen LogP contribution in [-0.2, 0) is 20.9 Å². The van der Waals surface area contributed by atoms with Gasteiger partial charge in [-0.2, -0.15) is 0 Å². The number of rotatable bonds is 7. The molecule has 0 saturated heterocycles. The molecule has 0 spiro atoms. The van der Waals surface area contributed by atoms with Gasteiger partial charge < -0.3 is 28.8 Å². The minimum Gasteiger partial charge on any atom is -0.478 e. The average Bonchev–Trinajstić information content (AvgIpc) is 3.24. The molecule has 0 bridgehead atoms. The molecule has 4 rings (SSSR count). The predicted molar refractivity (Wildman–Crippen MR) is 116 cm³/mol. The number of hydrogen-bond acceptors (Lipinski definition) is 7. The van der Waals surface area contributed by atoms with E-state index in [1.165, 1.54) is 10.8 Å². The van der Waals surface area contributed by atoms with Crippen LogP contribution >= 0.6 is 0 Å². The van der Waals surface area contributed by atoms with E-state index in [9.17, 15) is 14.4 Å². The Kier molecular flexibility index (Phi) is 5.98. The molecule has 32 heavy (non-hydrogen) atoms. The summed E-state index contributed by atoms with van der Waals surface area (Å²) < 4.78 is 22.5. The van der Waals surface area contributed by atoms with E-state index in [2.05, 4.69) is 5.32 Å². The Labute approximate surface area is 183 Å². The SMILES string of the molecule is CCOC(=O)[C@H](C)Oc1cccc2c(=O)n(CC(=O)Nc3ccc4c(c3)OCO4)ccc12. The van der Waals surface area contributed by atoms with Crippen LogP contribution in [0.2, 0.25) is 0 Å². The zero-order valence-electron chi connectivity index (χ0n) is 17.6. The molecule has 2 heterocycles. The molecular weight excluding hydrogens is 416 g/mol. The van der Waals surface area contributed by atoms with Crippen molar-refractivity contribution in [3.05, 3.63) is 59.0 Å². The van der Waals surface area contributed by atoms with E-state index in [4.69, 9.17) is 18.9 Å². The highest BCUT2D eigenvalue weighted by atomic mass is 16.7. The molecule has 0 fully saturated rings. The lowest BCUT2D eigenvalue weighted by Crippen LogP contribution is -2.28. The van der Waals surface area contributed by atoms with Crippen molar-refractivity contribution >= 4 is 28.3 Å². The number of hydrogen-bond donors (Lipinski definition) is 1. The van der Waals surface area contributed by atoms with Crippen molar-refractivity contribution in [3.8, 4) is 17.2 Å². The normalized spacial score (nSPS) is 12.9. The zero-order valence-corrected chi connectivity index (χ0v) is 17.6. The Hall–Kier alpha value is -4.01. The lowest BCUT2D eigenvalue weighted by atomic mass is 10.1. The molecule has 1 N–H and O–H groups in total. The van der Waals surface area contributed by atoms with Crippen LogP contribution in [0.3, 0.4) is 0 Å². The Balaban J connectivity index is 1.51. The molecule has 2 aromatic carbocycles. The molecule has 0 saturated carbocycles. The number of benzene rings is 2. The first-order valence-corrected chi connectivity index (χ1v) is 10.1. The van der Waals surface area contributed by atoms with Gasteiger partial charge in [0.2, 0.25) is 12.7 Å². The Morgan fingerprint density at radius 3 is 2.75 bits per heavy atom. The maximum Gasteiger partial charge on any atom is 0.347 e. The van der Waals surface area contributed by atoms with Crippen molar-refractivity contribution in [1.82, 2.24) is 4.57 Å². The van der Waals surface area contributed by atoms with Gasteiger partial charge in [-0.3, -0.25) is 9.59 Å². The minimum absolute atomic E-state index is 0.142. The van der Waals surface area contributed by atoms with E-state index in [1.807, 2.05) is 0 Å². The number of fused-ring (bicyclic) bond motifs is 2. The zero-order chi connectivity index (χ0) is 22.7. The molecule has 3 aromatic rings. The van der Waals surface area contributed by atoms with Gasteiger partial charge in [-0.1, -0.05) is 6.07 Å². The summed E-state index contributed by atoms with van der Waals surface area (Å²) in [7, 11) is 0. The lowest BCUT2D eigenvalue weighted by Gasteiger charge is -2.15. The molecule has 1 atom stereocenters. The second kappa shape index (κ2) is 9.01. The number of nitrogens with one attached hydrogen (secondary N) is 1. The van der Waals surface area contributed by atoms with Gasteiger partial charge in [0.25, 0.3) is 5.56 Å². The fraction of sp³-hybridized carbons (Fsp3) is 0.261. The van der Waals surface area contributed by atoms with Gasteiger partial charge in [-0.05, 0) is 44.2 Å². The van der Waals surface area contributed by atoms with E-state index in [0.29, 0.717) is 33.7 Å². The summed E-state index contributed by atoms with van der Waals surface area (Å²) in [5.41, 5.74) is 0.189. The number of esters is 1. The largest absolute Gasteiger partial charge is 0.478 e. The highest BCUT2D eigenvalue weighted by molar-refractivity contribution is 5.92. The van der Waals surface area contributed by atoms with E-state index >= 15 is 0 Å². The summed E-state index contributed by atoms with van der Waals surface area (Å²) in [5.74, 6) is 0.697. The highest BCUT2D eigenvalue weighted by Crippen LogP contribution is 2.34. The molecule has 1 aliphatic rings. The van der Waals surface area contributed by atoms with Crippen LogP contribution < -0.4 is 25.1 Å². The molecule has 166 valence electrons. The molecule has 0 unspecified atom stereocenters. The third-order valence-electron chi connectivity index (χ3n) is 4.87. The first-order valence-electron chi connectivity index (χ1n) is 10.1. The second-order valence-corrected chi connectivity index (χ2v) is 7.09. The maximum atomic E-state index is 12.9. The van der Waals surface area contributed by atoms with E-state index < -0.39 is 12.1 Å². The summed E-state index contributed by atoms with van der Waals surface area (Å²) >= 11 is 0. The van der Waals surface area contributed by atoms with Crippen molar-refractivity contribution in [2.75, 3.05) is 18.7 Å². The fourth-order valence-electron chi connectivity index (χ4n) is 3.34. The van der Waals surface area contributed by atoms with Gasteiger partial charge in [0, 0.05) is 23.3 Å². The number of amides is 1. The van der Waals surface area contributed by atoms with E-state index in [-0.39, 0.29) is 31.4 Å². The van der Waals surface area contributed by atoms with Crippen molar-refractivity contribution in [2.45, 2.75) is 26.5 Å². The Morgan fingerprint density at radius 1 is 1.12 bits per heavy atom. The molecule has 9 nitrogen and oxygen atoms in total. The summed E-state index contributed by atoms with van der Waals surface area (Å²) in [6, 6.07) is 11.7. The van der Waals surface area contributed by atoms with Gasteiger partial charge in [0.1, 0.15) is 12.3 Å². The first kappa shape index (κ1) is 21.2. The summed E-state index contributed by atoms with van der Waals surface area (Å²) in [5, 5.41) is 3.66. The van der Waals surface area contributed by atoms with Crippen LogP contribution in [0, 0.1) is 0 Å². The third-order valence-corrected chi connectivity index (χ3v) is 4.87. The summed E-state index contributed by atoms with van der Waals surface area (Å²) in [6.45, 7) is 3.52. The standard InChI is InChI=1S/C23H22N2O7/c1-3-29-23(28)14(2)32-18-6-4-5-17-16(18)9-10-25(22(17)27)12-21(26)24-15-7-8-19-20(11-15)31-13-30-19/h4-11,14H,3,12-13H2,1-2H3,(H,24,26)/t14-/m0/s1. The Morgan fingerprint density at radius 2 is 1.94 bits per heavy atom. The molecule has 1 aliphatic heterocycles. The maximum absolute atomic E-state index is 12.9. The number of pyridine rings is 1. The van der Waals surface area contributed by atoms with E-state index in [0.717, 1.165) is 0 Å². The number of aromatic nitrogens is 1. The minimum atomic E-state index is -0.824. The van der Waals surface area contributed by atoms with Crippen LogP contribution in [0.1, 0.15) is 13.8 Å². The van der Waals surface area contributed by atoms with Crippen LogP contribution in [0.15, 0.2) is 53.5 Å². The smallest absolute Gasteiger partial charge is 0.347 e. The monoisotopic (exact) mass is 438 g/mol. The lowest BCUT2D eigenvalue weighted by molar-refractivity contribution is -0.150. The van der Waals surface area contributed by atoms with Crippen LogP contribution in [0.25, 0.3) is 10.8 Å². The van der Waals surface area contributed by atoms with E-state index in [1.54, 1.807) is 56.3 Å². The van der Waals surface area contributed by atoms with Gasteiger partial charge in [0.15, 0.2) is 17.6 Å². The van der Waals surface area contributed by atoms with Crippen molar-refractivity contribution < 1.29 is 28.5 Å². The third kappa shape index (κ3) is 4.36. The number of anilines is 1. The van der Waals surface area contributed by atoms with Gasteiger partial charge >= 0.3 is 5.97 Å². The Bertz CT molecular complexity index is 1230. The van der Waals surface area contributed by atoms with Crippen molar-refractivity contribution in [2.24, 2.45) is 0 Å². The molecule has 9 heteroatoms. The van der Waals surface area contributed by atoms with Gasteiger partial charge in [-0.15, -0.1) is 0 Å². The molecule has 0 radical (unpaired) electrons. The number of nitrogens with zero attached hydrogens (tertiary/aromatic N) is 1. The number of carbonyl (C=O) groups excluding carboxylic acids is 2. The average molecular weight is 438 g/mol. The first-order chi connectivity index (χ1) is 15.5. The van der Waals surface area contributed by atoms with Crippen LogP contribution in [0.4, 0.5) is 5.69 Å².